The molecule has 0 spiro atoms. The molecule has 9 heteroatoms. The lowest BCUT2D eigenvalue weighted by Gasteiger charge is -2.30. The average Bonchev–Trinajstić information content (AvgIpc) is 3.05. The second-order valence-electron chi connectivity index (χ2n) is 6.38. The van der Waals surface area contributed by atoms with Gasteiger partial charge in [0.05, 0.1) is 30.3 Å². The average molecular weight is 348 g/mol. The van der Waals surface area contributed by atoms with Gasteiger partial charge in [0.25, 0.3) is 11.7 Å². The first-order chi connectivity index (χ1) is 12.1. The smallest absolute Gasteiger partial charge is 0.298 e. The van der Waals surface area contributed by atoms with Crippen molar-refractivity contribution < 1.29 is 19.2 Å². The Hall–Kier alpha value is -2.39. The molecular weight excluding hydrogens is 328 g/mol. The largest absolute Gasteiger partial charge is 0.423 e. The van der Waals surface area contributed by atoms with Gasteiger partial charge in [0.1, 0.15) is 11.2 Å². The van der Waals surface area contributed by atoms with Crippen molar-refractivity contribution >= 4 is 28.5 Å². The van der Waals surface area contributed by atoms with Crippen LogP contribution in [0, 0.1) is 10.1 Å². The van der Waals surface area contributed by atoms with Gasteiger partial charge >= 0.3 is 0 Å². The van der Waals surface area contributed by atoms with Gasteiger partial charge in [-0.3, -0.25) is 10.1 Å². The van der Waals surface area contributed by atoms with E-state index in [4.69, 9.17) is 9.15 Å². The molecule has 1 aromatic heterocycles. The number of ether oxygens (including phenoxy) is 1. The summed E-state index contributed by atoms with van der Waals surface area (Å²) in [6.07, 6.45) is 0.874. The van der Waals surface area contributed by atoms with Gasteiger partial charge in [0.2, 0.25) is 0 Å². The molecule has 134 valence electrons. The van der Waals surface area contributed by atoms with Crippen molar-refractivity contribution in [3.63, 3.8) is 0 Å². The first kappa shape index (κ1) is 16.1. The summed E-state index contributed by atoms with van der Waals surface area (Å²) < 4.78 is 11.1. The molecule has 1 aromatic carbocycles. The molecule has 1 N–H and O–H groups in total. The fraction of sp³-hybridized carbons (Fsp3) is 0.562. The molecule has 0 unspecified atom stereocenters. The van der Waals surface area contributed by atoms with Crippen LogP contribution in [0.4, 0.5) is 17.4 Å². The van der Waals surface area contributed by atoms with Gasteiger partial charge < -0.3 is 24.1 Å². The molecule has 4 rings (SSSR count). The van der Waals surface area contributed by atoms with Gasteiger partial charge in [0.15, 0.2) is 5.58 Å². The highest BCUT2D eigenvalue weighted by molar-refractivity contribution is 5.85. The molecule has 0 radical (unpaired) electrons. The lowest BCUT2D eigenvalue weighted by Crippen LogP contribution is -2.36. The highest BCUT2D eigenvalue weighted by Crippen LogP contribution is 2.36. The first-order valence-electron chi connectivity index (χ1n) is 8.46. The molecule has 3 heterocycles. The summed E-state index contributed by atoms with van der Waals surface area (Å²) in [5, 5.41) is 21.2. The predicted molar refractivity (Wildman–Crippen MR) is 91.1 cm³/mol. The third-order valence-corrected chi connectivity index (χ3v) is 4.76. The molecule has 0 saturated carbocycles. The Morgan fingerprint density at radius 3 is 2.56 bits per heavy atom. The minimum absolute atomic E-state index is 0.00793. The predicted octanol–water partition coefficient (Wildman–Crippen LogP) is 1.53. The van der Waals surface area contributed by atoms with Gasteiger partial charge in [0, 0.05) is 26.2 Å². The maximum absolute atomic E-state index is 11.5. The van der Waals surface area contributed by atoms with Gasteiger partial charge in [-0.25, -0.2) is 0 Å². The van der Waals surface area contributed by atoms with E-state index in [-0.39, 0.29) is 11.8 Å². The van der Waals surface area contributed by atoms with Crippen LogP contribution in [0.2, 0.25) is 0 Å². The van der Waals surface area contributed by atoms with Gasteiger partial charge in [-0.1, -0.05) is 0 Å². The number of piperidine rings is 1. The molecule has 0 bridgehead atoms. The molecule has 9 nitrogen and oxygen atoms in total. The van der Waals surface area contributed by atoms with E-state index in [0.29, 0.717) is 75.0 Å². The third kappa shape index (κ3) is 3.12. The van der Waals surface area contributed by atoms with Crippen molar-refractivity contribution in [3.05, 3.63) is 22.2 Å². The zero-order valence-corrected chi connectivity index (χ0v) is 13.8. The summed E-state index contributed by atoms with van der Waals surface area (Å²) in [6, 6.07) is 3.64. The number of morpholine rings is 1. The van der Waals surface area contributed by atoms with Crippen LogP contribution in [0.1, 0.15) is 12.8 Å². The van der Waals surface area contributed by atoms with Crippen molar-refractivity contribution in [2.24, 2.45) is 0 Å². The Labute approximate surface area is 143 Å². The zero-order valence-electron chi connectivity index (χ0n) is 13.8. The molecule has 2 saturated heterocycles. The number of hydrogen-bond acceptors (Lipinski definition) is 8. The number of benzene rings is 1. The highest BCUT2D eigenvalue weighted by atomic mass is 16.6. The summed E-state index contributed by atoms with van der Waals surface area (Å²) in [4.78, 5) is 19.6. The van der Waals surface area contributed by atoms with Crippen LogP contribution in [0.3, 0.4) is 0 Å². The molecule has 0 atom stereocenters. The van der Waals surface area contributed by atoms with E-state index in [1.807, 2.05) is 9.80 Å². The maximum atomic E-state index is 11.5. The number of aliphatic hydroxyl groups is 1. The summed E-state index contributed by atoms with van der Waals surface area (Å²) in [5.41, 5.74) is 1.56. The van der Waals surface area contributed by atoms with E-state index in [0.717, 1.165) is 0 Å². The summed E-state index contributed by atoms with van der Waals surface area (Å²) in [6.45, 7) is 3.77. The minimum atomic E-state index is -0.392. The van der Waals surface area contributed by atoms with Gasteiger partial charge in [-0.15, -0.1) is 0 Å². The Balaban J connectivity index is 1.71. The van der Waals surface area contributed by atoms with Crippen molar-refractivity contribution in [1.82, 2.24) is 4.98 Å². The van der Waals surface area contributed by atoms with E-state index in [2.05, 4.69) is 4.98 Å². The second-order valence-corrected chi connectivity index (χ2v) is 6.38. The van der Waals surface area contributed by atoms with E-state index in [1.165, 1.54) is 6.07 Å². The molecule has 2 aromatic rings. The van der Waals surface area contributed by atoms with Crippen LogP contribution in [0.5, 0.6) is 0 Å². The van der Waals surface area contributed by atoms with Crippen LogP contribution in [-0.4, -0.2) is 60.5 Å². The van der Waals surface area contributed by atoms with Gasteiger partial charge in [-0.05, 0) is 18.9 Å². The molecule has 25 heavy (non-hydrogen) atoms. The standard InChI is InChI=1S/C16H20N4O5/c21-11-1-3-18(4-2-11)13-9-12-15(10-14(13)20(22)23)25-16(17-12)19-5-7-24-8-6-19/h9-11,21H,1-8H2. The summed E-state index contributed by atoms with van der Waals surface area (Å²) in [7, 11) is 0. The number of nitro groups is 1. The highest BCUT2D eigenvalue weighted by Gasteiger charge is 2.27. The number of nitro benzene ring substituents is 1. The van der Waals surface area contributed by atoms with E-state index >= 15 is 0 Å². The Bertz CT molecular complexity index is 778. The molecule has 0 amide bonds. The molecule has 2 aliphatic heterocycles. The van der Waals surface area contributed by atoms with E-state index < -0.39 is 4.92 Å². The Morgan fingerprint density at radius 2 is 1.88 bits per heavy atom. The number of rotatable bonds is 3. The zero-order chi connectivity index (χ0) is 17.4. The van der Waals surface area contributed by atoms with Crippen molar-refractivity contribution in [2.45, 2.75) is 18.9 Å². The van der Waals surface area contributed by atoms with Gasteiger partial charge in [-0.2, -0.15) is 4.98 Å². The van der Waals surface area contributed by atoms with Crippen molar-refractivity contribution in [3.8, 4) is 0 Å². The lowest BCUT2D eigenvalue weighted by molar-refractivity contribution is -0.384. The fourth-order valence-corrected chi connectivity index (χ4v) is 3.34. The van der Waals surface area contributed by atoms with Crippen molar-refractivity contribution in [2.75, 3.05) is 49.2 Å². The Morgan fingerprint density at radius 1 is 1.16 bits per heavy atom. The normalized spacial score (nSPS) is 19.6. The topological polar surface area (TPSA) is 105 Å². The number of aromatic nitrogens is 1. The molecular formula is C16H20N4O5. The number of anilines is 2. The lowest BCUT2D eigenvalue weighted by atomic mass is 10.1. The molecule has 2 fully saturated rings. The number of fused-ring (bicyclic) bond motifs is 1. The molecule has 0 aliphatic carbocycles. The van der Waals surface area contributed by atoms with Crippen molar-refractivity contribution in [1.29, 1.82) is 0 Å². The van der Waals surface area contributed by atoms with Crippen LogP contribution in [0.25, 0.3) is 11.1 Å². The SMILES string of the molecule is O=[N+]([O-])c1cc2oc(N3CCOCC3)nc2cc1N1CCC(O)CC1. The van der Waals surface area contributed by atoms with E-state index in [9.17, 15) is 15.2 Å². The minimum Gasteiger partial charge on any atom is -0.423 e. The van der Waals surface area contributed by atoms with Crippen LogP contribution in [-0.2, 0) is 4.74 Å². The quantitative estimate of drug-likeness (QED) is 0.658. The third-order valence-electron chi connectivity index (χ3n) is 4.76. The van der Waals surface area contributed by atoms with E-state index in [1.54, 1.807) is 6.07 Å². The van der Waals surface area contributed by atoms with Crippen LogP contribution in [0.15, 0.2) is 16.5 Å². The molecule has 2 aliphatic rings. The Kier molecular flexibility index (Phi) is 4.18. The van der Waals surface area contributed by atoms with Crippen LogP contribution < -0.4 is 9.80 Å². The fourth-order valence-electron chi connectivity index (χ4n) is 3.34. The number of oxazole rings is 1. The number of hydrogen-bond donors (Lipinski definition) is 1. The maximum Gasteiger partial charge on any atom is 0.298 e. The number of aliphatic hydroxyl groups excluding tert-OH is 1. The monoisotopic (exact) mass is 348 g/mol. The summed E-state index contributed by atoms with van der Waals surface area (Å²) >= 11 is 0. The second kappa shape index (κ2) is 6.49. The van der Waals surface area contributed by atoms with Crippen LogP contribution >= 0.6 is 0 Å². The first-order valence-corrected chi connectivity index (χ1v) is 8.46. The number of nitrogens with zero attached hydrogens (tertiary/aromatic N) is 4. The summed E-state index contributed by atoms with van der Waals surface area (Å²) in [5.74, 6) is 0.